The van der Waals surface area contributed by atoms with Crippen molar-refractivity contribution in [2.75, 3.05) is 11.5 Å². The summed E-state index contributed by atoms with van der Waals surface area (Å²) in [5.74, 6) is 2.55. The van der Waals surface area contributed by atoms with E-state index in [1.807, 2.05) is 0 Å². The first kappa shape index (κ1) is 14.9. The van der Waals surface area contributed by atoms with Gasteiger partial charge in [0.15, 0.2) is 0 Å². The normalized spacial score (nSPS) is 24.1. The van der Waals surface area contributed by atoms with Gasteiger partial charge < -0.3 is 5.32 Å². The van der Waals surface area contributed by atoms with Gasteiger partial charge in [-0.2, -0.15) is 11.8 Å². The third-order valence-electron chi connectivity index (χ3n) is 3.94. The fourth-order valence-electron chi connectivity index (χ4n) is 2.90. The van der Waals surface area contributed by atoms with Gasteiger partial charge >= 0.3 is 0 Å². The van der Waals surface area contributed by atoms with E-state index >= 15 is 0 Å². The van der Waals surface area contributed by atoms with Crippen molar-refractivity contribution in [3.05, 3.63) is 35.4 Å². The zero-order valence-electron chi connectivity index (χ0n) is 12.7. The highest BCUT2D eigenvalue weighted by molar-refractivity contribution is 7.99. The van der Waals surface area contributed by atoms with Crippen LogP contribution < -0.4 is 5.32 Å². The van der Waals surface area contributed by atoms with Crippen LogP contribution in [0.2, 0.25) is 0 Å². The molecule has 106 valence electrons. The molecule has 1 saturated heterocycles. The van der Waals surface area contributed by atoms with E-state index < -0.39 is 0 Å². The van der Waals surface area contributed by atoms with Crippen LogP contribution in [0.4, 0.5) is 0 Å². The molecule has 1 aromatic rings. The summed E-state index contributed by atoms with van der Waals surface area (Å²) in [6, 6.07) is 10.1. The molecule has 1 heterocycles. The second kappa shape index (κ2) is 6.32. The molecule has 1 N–H and O–H groups in total. The molecule has 1 aliphatic heterocycles. The fourth-order valence-corrected chi connectivity index (χ4v) is 4.19. The zero-order chi connectivity index (χ0) is 13.9. The van der Waals surface area contributed by atoms with Gasteiger partial charge in [-0.05, 0) is 36.5 Å². The third kappa shape index (κ3) is 4.25. The number of benzene rings is 1. The van der Waals surface area contributed by atoms with Crippen LogP contribution in [0.25, 0.3) is 0 Å². The molecule has 2 rings (SSSR count). The van der Waals surface area contributed by atoms with E-state index in [0.717, 1.165) is 6.42 Å². The standard InChI is InChI=1S/C17H27NS/c1-5-16(14-8-6-13(2)7-9-14)18-15-10-17(3,4)12-19-11-15/h6-9,15-16,18H,5,10-12H2,1-4H3. The van der Waals surface area contributed by atoms with Crippen LogP contribution in [0, 0.1) is 12.3 Å². The molecular formula is C17H27NS. The van der Waals surface area contributed by atoms with Gasteiger partial charge in [-0.25, -0.2) is 0 Å². The van der Waals surface area contributed by atoms with Crippen molar-refractivity contribution in [2.45, 2.75) is 52.6 Å². The number of rotatable bonds is 4. The monoisotopic (exact) mass is 277 g/mol. The molecule has 0 spiro atoms. The predicted molar refractivity (Wildman–Crippen MR) is 86.9 cm³/mol. The molecule has 2 unspecified atom stereocenters. The molecule has 1 fully saturated rings. The SMILES string of the molecule is CCC(NC1CSCC(C)(C)C1)c1ccc(C)cc1. The second-order valence-corrected chi connectivity index (χ2v) is 7.65. The molecule has 0 aromatic heterocycles. The quantitative estimate of drug-likeness (QED) is 0.865. The summed E-state index contributed by atoms with van der Waals surface area (Å²) >= 11 is 2.10. The molecule has 0 radical (unpaired) electrons. The summed E-state index contributed by atoms with van der Waals surface area (Å²) < 4.78 is 0. The zero-order valence-corrected chi connectivity index (χ0v) is 13.5. The topological polar surface area (TPSA) is 12.0 Å². The van der Waals surface area contributed by atoms with Crippen LogP contribution in [-0.2, 0) is 0 Å². The lowest BCUT2D eigenvalue weighted by atomic mass is 9.87. The van der Waals surface area contributed by atoms with Gasteiger partial charge in [-0.3, -0.25) is 0 Å². The molecule has 1 nitrogen and oxygen atoms in total. The van der Waals surface area contributed by atoms with E-state index in [4.69, 9.17) is 0 Å². The van der Waals surface area contributed by atoms with Crippen LogP contribution in [0.3, 0.4) is 0 Å². The van der Waals surface area contributed by atoms with Crippen molar-refractivity contribution in [3.8, 4) is 0 Å². The molecule has 1 aromatic carbocycles. The van der Waals surface area contributed by atoms with Gasteiger partial charge in [0, 0.05) is 17.8 Å². The minimum absolute atomic E-state index is 0.478. The van der Waals surface area contributed by atoms with E-state index in [2.05, 4.69) is 69.0 Å². The highest BCUT2D eigenvalue weighted by Gasteiger charge is 2.29. The lowest BCUT2D eigenvalue weighted by molar-refractivity contribution is 0.298. The maximum Gasteiger partial charge on any atom is 0.0320 e. The van der Waals surface area contributed by atoms with Crippen LogP contribution in [0.15, 0.2) is 24.3 Å². The Morgan fingerprint density at radius 2 is 2.00 bits per heavy atom. The second-order valence-electron chi connectivity index (χ2n) is 6.62. The number of aryl methyl sites for hydroxylation is 1. The Labute approximate surface area is 122 Å². The minimum Gasteiger partial charge on any atom is -0.306 e. The van der Waals surface area contributed by atoms with E-state index in [9.17, 15) is 0 Å². The average molecular weight is 277 g/mol. The first-order chi connectivity index (χ1) is 9.00. The summed E-state index contributed by atoms with van der Waals surface area (Å²) in [5.41, 5.74) is 3.25. The van der Waals surface area contributed by atoms with E-state index in [1.54, 1.807) is 0 Å². The minimum atomic E-state index is 0.478. The smallest absolute Gasteiger partial charge is 0.0320 e. The summed E-state index contributed by atoms with van der Waals surface area (Å²) in [6.07, 6.45) is 2.45. The number of thioether (sulfide) groups is 1. The lowest BCUT2D eigenvalue weighted by Crippen LogP contribution is -2.41. The van der Waals surface area contributed by atoms with Crippen molar-refractivity contribution in [1.82, 2.24) is 5.32 Å². The van der Waals surface area contributed by atoms with Crippen molar-refractivity contribution < 1.29 is 0 Å². The highest BCUT2D eigenvalue weighted by Crippen LogP contribution is 2.34. The third-order valence-corrected chi connectivity index (χ3v) is 5.56. The fraction of sp³-hybridized carbons (Fsp3) is 0.647. The Balaban J connectivity index is 2.01. The molecule has 0 aliphatic carbocycles. The number of hydrogen-bond acceptors (Lipinski definition) is 2. The molecular weight excluding hydrogens is 250 g/mol. The summed E-state index contributed by atoms with van der Waals surface area (Å²) in [6.45, 7) is 9.21. The predicted octanol–water partition coefficient (Wildman–Crippen LogP) is 4.57. The molecule has 0 bridgehead atoms. The van der Waals surface area contributed by atoms with E-state index in [1.165, 1.54) is 29.1 Å². The Kier molecular flexibility index (Phi) is 4.97. The van der Waals surface area contributed by atoms with Gasteiger partial charge in [0.25, 0.3) is 0 Å². The highest BCUT2D eigenvalue weighted by atomic mass is 32.2. The van der Waals surface area contributed by atoms with Gasteiger partial charge in [0.1, 0.15) is 0 Å². The molecule has 2 heteroatoms. The van der Waals surface area contributed by atoms with Crippen LogP contribution in [0.1, 0.15) is 50.8 Å². The molecule has 19 heavy (non-hydrogen) atoms. The first-order valence-electron chi connectivity index (χ1n) is 7.40. The average Bonchev–Trinajstić information content (AvgIpc) is 2.36. The molecule has 1 aliphatic rings. The van der Waals surface area contributed by atoms with E-state index in [-0.39, 0.29) is 0 Å². The van der Waals surface area contributed by atoms with Crippen LogP contribution in [-0.4, -0.2) is 17.5 Å². The van der Waals surface area contributed by atoms with Gasteiger partial charge in [-0.15, -0.1) is 0 Å². The Hall–Kier alpha value is -0.470. The van der Waals surface area contributed by atoms with Crippen LogP contribution >= 0.6 is 11.8 Å². The Bertz CT molecular complexity index is 396. The number of nitrogens with one attached hydrogen (secondary N) is 1. The van der Waals surface area contributed by atoms with E-state index in [0.29, 0.717) is 17.5 Å². The molecule has 0 saturated carbocycles. The molecule has 0 amide bonds. The largest absolute Gasteiger partial charge is 0.306 e. The van der Waals surface area contributed by atoms with Gasteiger partial charge in [0.05, 0.1) is 0 Å². The van der Waals surface area contributed by atoms with Crippen molar-refractivity contribution in [3.63, 3.8) is 0 Å². The van der Waals surface area contributed by atoms with Crippen LogP contribution in [0.5, 0.6) is 0 Å². The van der Waals surface area contributed by atoms with Gasteiger partial charge in [0.2, 0.25) is 0 Å². The lowest BCUT2D eigenvalue weighted by Gasteiger charge is -2.37. The Morgan fingerprint density at radius 1 is 1.32 bits per heavy atom. The molecule has 2 atom stereocenters. The summed E-state index contributed by atoms with van der Waals surface area (Å²) in [7, 11) is 0. The van der Waals surface area contributed by atoms with Crippen molar-refractivity contribution >= 4 is 11.8 Å². The maximum atomic E-state index is 3.88. The van der Waals surface area contributed by atoms with Crippen molar-refractivity contribution in [1.29, 1.82) is 0 Å². The van der Waals surface area contributed by atoms with Gasteiger partial charge in [-0.1, -0.05) is 50.6 Å². The van der Waals surface area contributed by atoms with Crippen molar-refractivity contribution in [2.24, 2.45) is 5.41 Å². The first-order valence-corrected chi connectivity index (χ1v) is 8.56. The maximum absolute atomic E-state index is 3.88. The Morgan fingerprint density at radius 3 is 2.58 bits per heavy atom. The summed E-state index contributed by atoms with van der Waals surface area (Å²) in [5, 5.41) is 3.88. The summed E-state index contributed by atoms with van der Waals surface area (Å²) in [4.78, 5) is 0. The number of hydrogen-bond donors (Lipinski definition) is 1.